The zero-order valence-electron chi connectivity index (χ0n) is 9.84. The van der Waals surface area contributed by atoms with Crippen LogP contribution in [0.4, 0.5) is 17.3 Å². The standard InChI is InChI=1S/C12H13N5O/c1-7(18)15-9-10(13)16-12(17-11(9)14)8-5-3-2-4-6-8/h2-6H,1H3,(H,15,18)(H4,13,14,16,17). The van der Waals surface area contributed by atoms with Gasteiger partial charge in [0.05, 0.1) is 0 Å². The molecule has 6 heteroatoms. The molecule has 1 aromatic carbocycles. The number of anilines is 3. The Labute approximate surface area is 104 Å². The van der Waals surface area contributed by atoms with Gasteiger partial charge in [-0.2, -0.15) is 0 Å². The Morgan fingerprint density at radius 1 is 1.11 bits per heavy atom. The van der Waals surface area contributed by atoms with E-state index in [0.29, 0.717) is 5.82 Å². The first-order chi connectivity index (χ1) is 8.58. The Morgan fingerprint density at radius 3 is 2.17 bits per heavy atom. The summed E-state index contributed by atoms with van der Waals surface area (Å²) >= 11 is 0. The lowest BCUT2D eigenvalue weighted by molar-refractivity contribution is -0.114. The van der Waals surface area contributed by atoms with Gasteiger partial charge in [-0.1, -0.05) is 30.3 Å². The van der Waals surface area contributed by atoms with Gasteiger partial charge >= 0.3 is 0 Å². The van der Waals surface area contributed by atoms with Crippen molar-refractivity contribution < 1.29 is 4.79 Å². The second kappa shape index (κ2) is 4.70. The van der Waals surface area contributed by atoms with Crippen LogP contribution in [0.1, 0.15) is 6.92 Å². The highest BCUT2D eigenvalue weighted by Crippen LogP contribution is 2.26. The van der Waals surface area contributed by atoms with Crippen LogP contribution in [0.3, 0.4) is 0 Å². The SMILES string of the molecule is CC(=O)Nc1c(N)nc(-c2ccccc2)nc1N. The largest absolute Gasteiger partial charge is 0.382 e. The Morgan fingerprint density at radius 2 is 1.67 bits per heavy atom. The summed E-state index contributed by atoms with van der Waals surface area (Å²) in [5.74, 6) is 0.456. The fraction of sp³-hybridized carbons (Fsp3) is 0.0833. The van der Waals surface area contributed by atoms with E-state index in [-0.39, 0.29) is 23.2 Å². The van der Waals surface area contributed by atoms with Crippen molar-refractivity contribution in [1.82, 2.24) is 9.97 Å². The number of hydrogen-bond acceptors (Lipinski definition) is 5. The Hall–Kier alpha value is -2.63. The lowest BCUT2D eigenvalue weighted by atomic mass is 10.2. The molecular weight excluding hydrogens is 230 g/mol. The predicted octanol–water partition coefficient (Wildman–Crippen LogP) is 1.27. The maximum Gasteiger partial charge on any atom is 0.221 e. The molecule has 0 bridgehead atoms. The Bertz CT molecular complexity index is 559. The molecule has 2 aromatic rings. The maximum atomic E-state index is 11.0. The van der Waals surface area contributed by atoms with E-state index in [0.717, 1.165) is 5.56 Å². The molecule has 1 aromatic heterocycles. The zero-order valence-corrected chi connectivity index (χ0v) is 9.84. The Kier molecular flexibility index (Phi) is 3.09. The van der Waals surface area contributed by atoms with Gasteiger partial charge in [0, 0.05) is 12.5 Å². The lowest BCUT2D eigenvalue weighted by Gasteiger charge is -2.10. The highest BCUT2D eigenvalue weighted by Gasteiger charge is 2.12. The van der Waals surface area contributed by atoms with Crippen LogP contribution in [0.15, 0.2) is 30.3 Å². The molecule has 0 radical (unpaired) electrons. The number of amides is 1. The number of nitrogens with two attached hydrogens (primary N) is 2. The molecule has 0 atom stereocenters. The number of carbonyl (C=O) groups excluding carboxylic acids is 1. The third kappa shape index (κ3) is 2.37. The number of carbonyl (C=O) groups is 1. The molecule has 0 unspecified atom stereocenters. The summed E-state index contributed by atoms with van der Waals surface area (Å²) in [6.07, 6.45) is 0. The molecule has 0 aliphatic carbocycles. The topological polar surface area (TPSA) is 107 Å². The van der Waals surface area contributed by atoms with Gasteiger partial charge in [-0.05, 0) is 0 Å². The number of aromatic nitrogens is 2. The monoisotopic (exact) mass is 243 g/mol. The van der Waals surface area contributed by atoms with Crippen LogP contribution in [-0.2, 0) is 4.79 Å². The van der Waals surface area contributed by atoms with Gasteiger partial charge in [-0.3, -0.25) is 4.79 Å². The van der Waals surface area contributed by atoms with Gasteiger partial charge in [0.15, 0.2) is 17.5 Å². The first-order valence-corrected chi connectivity index (χ1v) is 5.34. The van der Waals surface area contributed by atoms with Crippen LogP contribution in [0.5, 0.6) is 0 Å². The number of nitrogens with zero attached hydrogens (tertiary/aromatic N) is 2. The smallest absolute Gasteiger partial charge is 0.221 e. The molecule has 0 saturated heterocycles. The molecule has 0 aliphatic heterocycles. The minimum Gasteiger partial charge on any atom is -0.382 e. The first-order valence-electron chi connectivity index (χ1n) is 5.34. The van der Waals surface area contributed by atoms with Gasteiger partial charge in [-0.25, -0.2) is 9.97 Å². The average molecular weight is 243 g/mol. The molecule has 0 aliphatic rings. The molecule has 0 saturated carbocycles. The summed E-state index contributed by atoms with van der Waals surface area (Å²) in [7, 11) is 0. The molecule has 0 spiro atoms. The molecular formula is C12H13N5O. The summed E-state index contributed by atoms with van der Waals surface area (Å²) in [5, 5.41) is 2.51. The normalized spacial score (nSPS) is 10.1. The zero-order chi connectivity index (χ0) is 13.1. The van der Waals surface area contributed by atoms with Crippen molar-refractivity contribution in [1.29, 1.82) is 0 Å². The van der Waals surface area contributed by atoms with Crippen molar-refractivity contribution >= 4 is 23.2 Å². The number of benzene rings is 1. The van der Waals surface area contributed by atoms with E-state index in [1.807, 2.05) is 30.3 Å². The van der Waals surface area contributed by atoms with Gasteiger partial charge < -0.3 is 16.8 Å². The van der Waals surface area contributed by atoms with E-state index in [4.69, 9.17) is 11.5 Å². The third-order valence-electron chi connectivity index (χ3n) is 2.30. The van der Waals surface area contributed by atoms with E-state index in [1.165, 1.54) is 6.92 Å². The summed E-state index contributed by atoms with van der Waals surface area (Å²) in [6, 6.07) is 9.33. The van der Waals surface area contributed by atoms with Crippen molar-refractivity contribution in [3.8, 4) is 11.4 Å². The fourth-order valence-corrected chi connectivity index (χ4v) is 1.52. The minimum absolute atomic E-state index is 0.150. The highest BCUT2D eigenvalue weighted by molar-refractivity contribution is 5.95. The van der Waals surface area contributed by atoms with Crippen molar-refractivity contribution in [2.75, 3.05) is 16.8 Å². The van der Waals surface area contributed by atoms with Crippen molar-refractivity contribution in [2.24, 2.45) is 0 Å². The molecule has 92 valence electrons. The van der Waals surface area contributed by atoms with Gasteiger partial charge in [-0.15, -0.1) is 0 Å². The van der Waals surface area contributed by atoms with Gasteiger partial charge in [0.1, 0.15) is 5.69 Å². The third-order valence-corrected chi connectivity index (χ3v) is 2.30. The van der Waals surface area contributed by atoms with Gasteiger partial charge in [0.25, 0.3) is 0 Å². The van der Waals surface area contributed by atoms with E-state index in [9.17, 15) is 4.79 Å². The van der Waals surface area contributed by atoms with Gasteiger partial charge in [0.2, 0.25) is 5.91 Å². The molecule has 1 amide bonds. The second-order valence-corrected chi connectivity index (χ2v) is 3.74. The number of nitrogens with one attached hydrogen (secondary N) is 1. The average Bonchev–Trinajstić information content (AvgIpc) is 2.34. The highest BCUT2D eigenvalue weighted by atomic mass is 16.1. The van der Waals surface area contributed by atoms with E-state index in [1.54, 1.807) is 0 Å². The van der Waals surface area contributed by atoms with E-state index >= 15 is 0 Å². The maximum absolute atomic E-state index is 11.0. The van der Waals surface area contributed by atoms with Crippen LogP contribution < -0.4 is 16.8 Å². The molecule has 0 fully saturated rings. The van der Waals surface area contributed by atoms with Crippen LogP contribution in [-0.4, -0.2) is 15.9 Å². The second-order valence-electron chi connectivity index (χ2n) is 3.74. The lowest BCUT2D eigenvalue weighted by Crippen LogP contribution is -2.13. The van der Waals surface area contributed by atoms with Crippen LogP contribution in [0.2, 0.25) is 0 Å². The number of rotatable bonds is 2. The fourth-order valence-electron chi connectivity index (χ4n) is 1.52. The minimum atomic E-state index is -0.274. The van der Waals surface area contributed by atoms with Crippen molar-refractivity contribution in [2.45, 2.75) is 6.92 Å². The predicted molar refractivity (Wildman–Crippen MR) is 70.6 cm³/mol. The van der Waals surface area contributed by atoms with Crippen LogP contribution in [0, 0.1) is 0 Å². The molecule has 6 nitrogen and oxygen atoms in total. The van der Waals surface area contributed by atoms with Crippen LogP contribution >= 0.6 is 0 Å². The van der Waals surface area contributed by atoms with E-state index in [2.05, 4.69) is 15.3 Å². The van der Waals surface area contributed by atoms with E-state index < -0.39 is 0 Å². The first kappa shape index (κ1) is 11.8. The molecule has 18 heavy (non-hydrogen) atoms. The number of hydrogen-bond donors (Lipinski definition) is 3. The summed E-state index contributed by atoms with van der Waals surface area (Å²) in [6.45, 7) is 1.37. The quantitative estimate of drug-likeness (QED) is 0.736. The molecule has 2 rings (SSSR count). The van der Waals surface area contributed by atoms with Crippen LogP contribution in [0.25, 0.3) is 11.4 Å². The van der Waals surface area contributed by atoms with Crippen molar-refractivity contribution in [3.05, 3.63) is 30.3 Å². The summed E-state index contributed by atoms with van der Waals surface area (Å²) in [4.78, 5) is 19.3. The Balaban J connectivity index is 2.46. The number of nitrogen functional groups attached to an aromatic ring is 2. The summed E-state index contributed by atoms with van der Waals surface area (Å²) in [5.41, 5.74) is 12.6. The molecule has 5 N–H and O–H groups in total. The summed E-state index contributed by atoms with van der Waals surface area (Å²) < 4.78 is 0. The van der Waals surface area contributed by atoms with Crippen molar-refractivity contribution in [3.63, 3.8) is 0 Å². The molecule has 1 heterocycles.